The molecule has 0 saturated carbocycles. The number of halogens is 2. The minimum atomic E-state index is -0.970. The molecule has 262 valence electrons. The summed E-state index contributed by atoms with van der Waals surface area (Å²) in [6.45, 7) is 2.73. The van der Waals surface area contributed by atoms with Crippen LogP contribution in [0, 0.1) is 0 Å². The summed E-state index contributed by atoms with van der Waals surface area (Å²) < 4.78 is 5.87. The third kappa shape index (κ3) is 6.74. The monoisotopic (exact) mass is 715 g/mol. The van der Waals surface area contributed by atoms with E-state index in [0.29, 0.717) is 49.1 Å². The van der Waals surface area contributed by atoms with Gasteiger partial charge >= 0.3 is 0 Å². The zero-order valence-corrected chi connectivity index (χ0v) is 29.9. The normalized spacial score (nSPS) is 26.0. The highest BCUT2D eigenvalue weighted by Gasteiger charge is 2.46. The molecule has 2 aromatic heterocycles. The van der Waals surface area contributed by atoms with Crippen LogP contribution in [0.2, 0.25) is 5.02 Å². The Morgan fingerprint density at radius 1 is 0.960 bits per heavy atom. The predicted octanol–water partition coefficient (Wildman–Crippen LogP) is 4.80. The van der Waals surface area contributed by atoms with E-state index in [0.717, 1.165) is 59.6 Å². The van der Waals surface area contributed by atoms with E-state index in [1.54, 1.807) is 7.11 Å². The number of nitrogens with one attached hydrogen (secondary N) is 4. The molecule has 0 spiro atoms. The predicted molar refractivity (Wildman–Crippen MR) is 197 cm³/mol. The van der Waals surface area contributed by atoms with E-state index in [-0.39, 0.29) is 29.9 Å². The first-order valence-electron chi connectivity index (χ1n) is 17.3. The highest BCUT2D eigenvalue weighted by molar-refractivity contribution is 6.34. The number of nitrogens with zero attached hydrogens (tertiary/aromatic N) is 3. The van der Waals surface area contributed by atoms with Crippen LogP contribution in [0.3, 0.4) is 0 Å². The Labute approximate surface area is 303 Å². The summed E-state index contributed by atoms with van der Waals surface area (Å²) in [5.41, 5.74) is 4.23. The van der Waals surface area contributed by atoms with Gasteiger partial charge in [0, 0.05) is 80.3 Å². The molecular formula is C38H43Cl2N7O3. The van der Waals surface area contributed by atoms with Crippen molar-refractivity contribution >= 4 is 46.4 Å². The molecule has 12 heteroatoms. The number of carbonyl (C=O) groups excluding carboxylic acids is 2. The Bertz CT molecular complexity index is 1830. The van der Waals surface area contributed by atoms with Crippen molar-refractivity contribution in [2.24, 2.45) is 0 Å². The molecule has 3 aromatic rings. The number of methoxy groups -OCH3 is 1. The van der Waals surface area contributed by atoms with E-state index >= 15 is 0 Å². The number of benzene rings is 1. The number of hydrogen-bond acceptors (Lipinski definition) is 8. The SMILES string of the molecule is COc1nc(C2(c3ccc4c(n3)N(C)CC[C@@H]4NC[C@@H]3CCC(=O)N3)C=CC=C(c3ccccc3Cl)C2Cl)ccc1CNC[C@@H]1CCC(=O)N1. The van der Waals surface area contributed by atoms with Gasteiger partial charge in [-0.3, -0.25) is 9.59 Å². The summed E-state index contributed by atoms with van der Waals surface area (Å²) in [5, 5.41) is 13.2. The first kappa shape index (κ1) is 34.5. The van der Waals surface area contributed by atoms with Crippen LogP contribution in [0.5, 0.6) is 5.88 Å². The van der Waals surface area contributed by atoms with Crippen LogP contribution in [0.25, 0.3) is 5.57 Å². The van der Waals surface area contributed by atoms with Crippen molar-refractivity contribution in [3.8, 4) is 5.88 Å². The Morgan fingerprint density at radius 3 is 2.40 bits per heavy atom. The lowest BCUT2D eigenvalue weighted by Gasteiger charge is -2.40. The Kier molecular flexibility index (Phi) is 10.2. The number of aromatic nitrogens is 2. The van der Waals surface area contributed by atoms with Crippen molar-refractivity contribution in [2.75, 3.05) is 38.7 Å². The number of amides is 2. The lowest BCUT2D eigenvalue weighted by atomic mass is 9.70. The van der Waals surface area contributed by atoms with E-state index in [1.165, 1.54) is 0 Å². The molecule has 5 heterocycles. The van der Waals surface area contributed by atoms with Crippen LogP contribution >= 0.6 is 23.2 Å². The average Bonchev–Trinajstić information content (AvgIpc) is 3.75. The molecule has 10 nitrogen and oxygen atoms in total. The summed E-state index contributed by atoms with van der Waals surface area (Å²) in [5.74, 6) is 1.60. The van der Waals surface area contributed by atoms with Gasteiger partial charge in [0.25, 0.3) is 0 Å². The van der Waals surface area contributed by atoms with Gasteiger partial charge in [0.05, 0.1) is 29.3 Å². The molecule has 4 aliphatic rings. The number of anilines is 1. The molecule has 0 radical (unpaired) electrons. The van der Waals surface area contributed by atoms with Gasteiger partial charge in [-0.1, -0.05) is 60.2 Å². The summed E-state index contributed by atoms with van der Waals surface area (Å²) >= 11 is 14.4. The largest absolute Gasteiger partial charge is 0.481 e. The third-order valence-corrected chi connectivity index (χ3v) is 11.3. The van der Waals surface area contributed by atoms with Gasteiger partial charge < -0.3 is 30.9 Å². The molecule has 2 unspecified atom stereocenters. The highest BCUT2D eigenvalue weighted by atomic mass is 35.5. The van der Waals surface area contributed by atoms with Crippen LogP contribution in [0.4, 0.5) is 5.82 Å². The molecule has 1 aliphatic carbocycles. The molecule has 2 amide bonds. The minimum absolute atomic E-state index is 0.0971. The molecule has 2 fully saturated rings. The van der Waals surface area contributed by atoms with Crippen LogP contribution in [-0.4, -0.2) is 73.0 Å². The van der Waals surface area contributed by atoms with Gasteiger partial charge in [-0.2, -0.15) is 0 Å². The van der Waals surface area contributed by atoms with Gasteiger partial charge in [0.15, 0.2) is 0 Å². The number of alkyl halides is 1. The van der Waals surface area contributed by atoms with E-state index in [2.05, 4.69) is 51.4 Å². The fourth-order valence-electron chi connectivity index (χ4n) is 7.60. The highest BCUT2D eigenvalue weighted by Crippen LogP contribution is 2.49. The third-order valence-electron chi connectivity index (χ3n) is 10.4. The Balaban J connectivity index is 1.25. The lowest BCUT2D eigenvalue weighted by Crippen LogP contribution is -2.42. The Hall–Kier alpha value is -3.96. The fourth-order valence-corrected chi connectivity index (χ4v) is 8.33. The van der Waals surface area contributed by atoms with Crippen molar-refractivity contribution in [3.63, 3.8) is 0 Å². The molecular weight excluding hydrogens is 673 g/mol. The molecule has 3 aliphatic heterocycles. The maximum Gasteiger partial charge on any atom is 0.220 e. The fraction of sp³-hybridized carbons (Fsp3) is 0.421. The van der Waals surface area contributed by atoms with Gasteiger partial charge in [-0.15, -0.1) is 11.6 Å². The Morgan fingerprint density at radius 2 is 1.68 bits per heavy atom. The average molecular weight is 717 g/mol. The molecule has 2 saturated heterocycles. The van der Waals surface area contributed by atoms with Gasteiger partial charge in [0.2, 0.25) is 17.7 Å². The van der Waals surface area contributed by atoms with Crippen molar-refractivity contribution in [2.45, 2.75) is 67.6 Å². The summed E-state index contributed by atoms with van der Waals surface area (Å²) in [6, 6.07) is 16.4. The van der Waals surface area contributed by atoms with E-state index in [4.69, 9.17) is 37.9 Å². The summed E-state index contributed by atoms with van der Waals surface area (Å²) in [7, 11) is 3.69. The van der Waals surface area contributed by atoms with Gasteiger partial charge in [0.1, 0.15) is 5.82 Å². The first-order chi connectivity index (χ1) is 24.3. The van der Waals surface area contributed by atoms with Crippen LogP contribution in [-0.2, 0) is 21.5 Å². The van der Waals surface area contributed by atoms with Crippen molar-refractivity contribution in [3.05, 3.63) is 99.9 Å². The minimum Gasteiger partial charge on any atom is -0.481 e. The smallest absolute Gasteiger partial charge is 0.220 e. The second-order valence-corrected chi connectivity index (χ2v) is 14.4. The van der Waals surface area contributed by atoms with Crippen LogP contribution < -0.4 is 30.9 Å². The first-order valence-corrected chi connectivity index (χ1v) is 18.2. The lowest BCUT2D eigenvalue weighted by molar-refractivity contribution is -0.120. The standard InChI is InChI=1S/C38H43Cl2N7O3/c1-47-19-17-30(42-22-25-11-16-34(49)44-25)28-12-14-31(45-36(28)47)38(18-5-7-27(35(38)40)26-6-3-4-8-29(26)39)32-13-9-23(37(46-32)50-2)20-41-21-24-10-15-33(48)43-24/h3-9,12-14,18,24-25,30,35,41-42H,10-11,15-17,19-22H2,1-2H3,(H,43,48)(H,44,49)/t24-,25-,30-,35?,38?/m0/s1. The van der Waals surface area contributed by atoms with E-state index < -0.39 is 10.8 Å². The van der Waals surface area contributed by atoms with E-state index in [9.17, 15) is 9.59 Å². The maximum absolute atomic E-state index is 11.8. The number of fused-ring (bicyclic) bond motifs is 1. The molecule has 5 atom stereocenters. The summed E-state index contributed by atoms with van der Waals surface area (Å²) in [6.07, 6.45) is 9.86. The van der Waals surface area contributed by atoms with E-state index in [1.807, 2.05) is 48.6 Å². The summed E-state index contributed by atoms with van der Waals surface area (Å²) in [4.78, 5) is 36.2. The number of rotatable bonds is 11. The molecule has 0 bridgehead atoms. The topological polar surface area (TPSA) is 121 Å². The molecule has 4 N–H and O–H groups in total. The second kappa shape index (κ2) is 14.7. The van der Waals surface area contributed by atoms with Gasteiger partial charge in [-0.05, 0) is 48.6 Å². The molecule has 50 heavy (non-hydrogen) atoms. The number of ether oxygens (including phenoxy) is 1. The number of pyridine rings is 2. The van der Waals surface area contributed by atoms with Crippen LogP contribution in [0.1, 0.15) is 66.2 Å². The van der Waals surface area contributed by atoms with Gasteiger partial charge in [-0.25, -0.2) is 9.97 Å². The van der Waals surface area contributed by atoms with Crippen molar-refractivity contribution in [1.82, 2.24) is 31.2 Å². The molecule has 1 aromatic carbocycles. The van der Waals surface area contributed by atoms with Crippen molar-refractivity contribution in [1.29, 1.82) is 0 Å². The number of allylic oxidation sites excluding steroid dienone is 4. The molecule has 7 rings (SSSR count). The quantitative estimate of drug-likeness (QED) is 0.209. The number of hydrogen-bond donors (Lipinski definition) is 4. The van der Waals surface area contributed by atoms with Crippen molar-refractivity contribution < 1.29 is 14.3 Å². The number of carbonyl (C=O) groups is 2. The second-order valence-electron chi connectivity index (χ2n) is 13.6. The zero-order chi connectivity index (χ0) is 34.8. The van der Waals surface area contributed by atoms with Crippen LogP contribution in [0.15, 0.2) is 66.8 Å². The maximum atomic E-state index is 11.8. The zero-order valence-electron chi connectivity index (χ0n) is 28.3.